The maximum atomic E-state index is 12.0. The van der Waals surface area contributed by atoms with Crippen molar-refractivity contribution < 1.29 is 13.2 Å². The molecule has 0 unspecified atom stereocenters. The lowest BCUT2D eigenvalue weighted by Gasteiger charge is -2.08. The van der Waals surface area contributed by atoms with E-state index in [1.807, 2.05) is 12.1 Å². The molecule has 0 fully saturated rings. The Morgan fingerprint density at radius 2 is 2.18 bits per heavy atom. The fraction of sp³-hybridized carbons (Fsp3) is 0.400. The van der Waals surface area contributed by atoms with E-state index in [9.17, 15) is 8.42 Å². The summed E-state index contributed by atoms with van der Waals surface area (Å²) in [6, 6.07) is 6.21. The van der Waals surface area contributed by atoms with Gasteiger partial charge in [-0.25, -0.2) is 12.7 Å². The molecule has 6 nitrogen and oxygen atoms in total. The Kier molecular flexibility index (Phi) is 3.92. The lowest BCUT2D eigenvalue weighted by molar-refractivity contribution is 0.357. The van der Waals surface area contributed by atoms with Crippen molar-refractivity contribution in [2.24, 2.45) is 0 Å². The summed E-state index contributed by atoms with van der Waals surface area (Å²) in [5, 5.41) is 4.14. The fourth-order valence-electron chi connectivity index (χ4n) is 2.45. The molecule has 1 aliphatic heterocycles. The number of rotatable bonds is 5. The molecule has 1 aliphatic rings. The number of nitrogens with zero attached hydrogens (tertiary/aromatic N) is 3. The van der Waals surface area contributed by atoms with Gasteiger partial charge in [0.1, 0.15) is 10.6 Å². The minimum absolute atomic E-state index is 0.222. The van der Waals surface area contributed by atoms with Gasteiger partial charge in [-0.15, -0.1) is 0 Å². The zero-order valence-electron chi connectivity index (χ0n) is 12.7. The lowest BCUT2D eigenvalue weighted by Crippen LogP contribution is -2.21. The summed E-state index contributed by atoms with van der Waals surface area (Å²) in [5.41, 5.74) is 2.45. The van der Waals surface area contributed by atoms with Crippen LogP contribution in [0.4, 0.5) is 0 Å². The average molecular weight is 321 g/mol. The van der Waals surface area contributed by atoms with Crippen LogP contribution in [0.15, 0.2) is 35.5 Å². The highest BCUT2D eigenvalue weighted by Crippen LogP contribution is 2.26. The van der Waals surface area contributed by atoms with E-state index in [0.29, 0.717) is 6.54 Å². The van der Waals surface area contributed by atoms with Crippen LogP contribution >= 0.6 is 0 Å². The van der Waals surface area contributed by atoms with Crippen molar-refractivity contribution in [1.29, 1.82) is 0 Å². The third-order valence-corrected chi connectivity index (χ3v) is 5.54. The lowest BCUT2D eigenvalue weighted by atomic mass is 10.1. The zero-order chi connectivity index (χ0) is 15.7. The molecule has 1 aromatic heterocycles. The molecule has 0 saturated heterocycles. The first kappa shape index (κ1) is 15.1. The zero-order valence-corrected chi connectivity index (χ0v) is 13.5. The first-order valence-corrected chi connectivity index (χ1v) is 8.60. The topological polar surface area (TPSA) is 64.4 Å². The van der Waals surface area contributed by atoms with Gasteiger partial charge in [-0.05, 0) is 23.6 Å². The molecule has 0 atom stereocenters. The van der Waals surface area contributed by atoms with E-state index >= 15 is 0 Å². The summed E-state index contributed by atoms with van der Waals surface area (Å²) in [4.78, 5) is 0.222. The van der Waals surface area contributed by atoms with Crippen LogP contribution in [0, 0.1) is 0 Å². The molecule has 1 aromatic carbocycles. The molecule has 22 heavy (non-hydrogen) atoms. The summed E-state index contributed by atoms with van der Waals surface area (Å²) in [5.74, 6) is 0.974. The number of hydrogen-bond donors (Lipinski definition) is 0. The molecule has 2 heterocycles. The Bertz CT molecular complexity index is 781. The largest absolute Gasteiger partial charge is 0.493 e. The van der Waals surface area contributed by atoms with E-state index in [4.69, 9.17) is 4.74 Å². The van der Waals surface area contributed by atoms with Crippen molar-refractivity contribution in [3.63, 3.8) is 0 Å². The highest BCUT2D eigenvalue weighted by molar-refractivity contribution is 7.89. The molecule has 0 aliphatic carbocycles. The first-order valence-electron chi connectivity index (χ1n) is 7.16. The molecule has 118 valence electrons. The molecule has 0 bridgehead atoms. The summed E-state index contributed by atoms with van der Waals surface area (Å²) < 4.78 is 32.4. The first-order chi connectivity index (χ1) is 10.5. The van der Waals surface area contributed by atoms with Gasteiger partial charge in [0.2, 0.25) is 10.0 Å². The Hall–Kier alpha value is -1.86. The number of aryl methyl sites for hydroxylation is 2. The second-order valence-corrected chi connectivity index (χ2v) is 7.67. The summed E-state index contributed by atoms with van der Waals surface area (Å²) in [6.07, 6.45) is 4.73. The van der Waals surface area contributed by atoms with Crippen molar-refractivity contribution >= 4 is 10.0 Å². The number of benzene rings is 1. The fourth-order valence-corrected chi connectivity index (χ4v) is 3.31. The van der Waals surface area contributed by atoms with E-state index < -0.39 is 10.0 Å². The van der Waals surface area contributed by atoms with Crippen LogP contribution in [0.25, 0.3) is 0 Å². The molecular weight excluding hydrogens is 302 g/mol. The Morgan fingerprint density at radius 3 is 2.95 bits per heavy atom. The van der Waals surface area contributed by atoms with Gasteiger partial charge < -0.3 is 4.74 Å². The van der Waals surface area contributed by atoms with Gasteiger partial charge in [-0.3, -0.25) is 4.68 Å². The molecule has 3 rings (SSSR count). The SMILES string of the molecule is CN(C)S(=O)(=O)c1cnn(CCc2ccc3c(c2)CCO3)c1. The summed E-state index contributed by atoms with van der Waals surface area (Å²) in [6.45, 7) is 1.40. The van der Waals surface area contributed by atoms with Crippen LogP contribution < -0.4 is 4.74 Å². The minimum Gasteiger partial charge on any atom is -0.493 e. The van der Waals surface area contributed by atoms with Gasteiger partial charge in [0.25, 0.3) is 0 Å². The second-order valence-electron chi connectivity index (χ2n) is 5.52. The molecule has 0 saturated carbocycles. The highest BCUT2D eigenvalue weighted by Gasteiger charge is 2.19. The highest BCUT2D eigenvalue weighted by atomic mass is 32.2. The van der Waals surface area contributed by atoms with E-state index in [-0.39, 0.29) is 4.90 Å². The van der Waals surface area contributed by atoms with Gasteiger partial charge in [0, 0.05) is 33.3 Å². The van der Waals surface area contributed by atoms with Crippen LogP contribution in [0.5, 0.6) is 5.75 Å². The number of sulfonamides is 1. The molecular formula is C15H19N3O3S. The number of hydrogen-bond acceptors (Lipinski definition) is 4. The summed E-state index contributed by atoms with van der Waals surface area (Å²) in [7, 11) is -0.387. The number of ether oxygens (including phenoxy) is 1. The van der Waals surface area contributed by atoms with Crippen LogP contribution in [0.3, 0.4) is 0 Å². The minimum atomic E-state index is -3.41. The van der Waals surface area contributed by atoms with Crippen molar-refractivity contribution in [2.75, 3.05) is 20.7 Å². The van der Waals surface area contributed by atoms with E-state index in [1.54, 1.807) is 10.9 Å². The molecule has 0 radical (unpaired) electrons. The van der Waals surface area contributed by atoms with Crippen LogP contribution in [0.2, 0.25) is 0 Å². The molecule has 2 aromatic rings. The monoisotopic (exact) mass is 321 g/mol. The third-order valence-electron chi connectivity index (χ3n) is 3.77. The van der Waals surface area contributed by atoms with Gasteiger partial charge >= 0.3 is 0 Å². The maximum Gasteiger partial charge on any atom is 0.245 e. The van der Waals surface area contributed by atoms with Gasteiger partial charge in [0.05, 0.1) is 12.8 Å². The predicted octanol–water partition coefficient (Wildman–Crippen LogP) is 1.31. The summed E-state index contributed by atoms with van der Waals surface area (Å²) >= 11 is 0. The van der Waals surface area contributed by atoms with E-state index in [0.717, 1.165) is 25.2 Å². The Labute approximate surface area is 130 Å². The van der Waals surface area contributed by atoms with Crippen molar-refractivity contribution in [1.82, 2.24) is 14.1 Å². The number of aromatic nitrogens is 2. The van der Waals surface area contributed by atoms with Gasteiger partial charge in [-0.1, -0.05) is 12.1 Å². The molecule has 0 N–H and O–H groups in total. The van der Waals surface area contributed by atoms with Crippen LogP contribution in [0.1, 0.15) is 11.1 Å². The molecule has 0 amide bonds. The quantitative estimate of drug-likeness (QED) is 0.833. The second kappa shape index (κ2) is 5.73. The van der Waals surface area contributed by atoms with E-state index in [2.05, 4.69) is 11.2 Å². The van der Waals surface area contributed by atoms with Crippen LogP contribution in [-0.4, -0.2) is 43.2 Å². The normalized spacial score (nSPS) is 14.1. The number of fused-ring (bicyclic) bond motifs is 1. The van der Waals surface area contributed by atoms with Crippen molar-refractivity contribution in [3.8, 4) is 5.75 Å². The smallest absolute Gasteiger partial charge is 0.245 e. The average Bonchev–Trinajstić information content (AvgIpc) is 3.13. The van der Waals surface area contributed by atoms with Crippen molar-refractivity contribution in [2.45, 2.75) is 24.3 Å². The van der Waals surface area contributed by atoms with Crippen molar-refractivity contribution in [3.05, 3.63) is 41.7 Å². The predicted molar refractivity (Wildman–Crippen MR) is 82.4 cm³/mol. The van der Waals surface area contributed by atoms with Gasteiger partial charge in [-0.2, -0.15) is 5.10 Å². The molecule has 0 spiro atoms. The van der Waals surface area contributed by atoms with Gasteiger partial charge in [0.15, 0.2) is 0 Å². The Morgan fingerprint density at radius 1 is 1.36 bits per heavy atom. The third kappa shape index (κ3) is 2.86. The maximum absolute atomic E-state index is 12.0. The van der Waals surface area contributed by atoms with E-state index in [1.165, 1.54) is 35.7 Å². The Balaban J connectivity index is 1.69. The standard InChI is InChI=1S/C15H19N3O3S/c1-17(2)22(19,20)14-10-16-18(11-14)7-5-12-3-4-15-13(9-12)6-8-21-15/h3-4,9-11H,5-8H2,1-2H3. The molecule has 7 heteroatoms. The van der Waals surface area contributed by atoms with Crippen LogP contribution in [-0.2, 0) is 29.4 Å².